The van der Waals surface area contributed by atoms with Crippen molar-refractivity contribution in [3.05, 3.63) is 29.8 Å². The van der Waals surface area contributed by atoms with Gasteiger partial charge in [0.2, 0.25) is 0 Å². The van der Waals surface area contributed by atoms with Gasteiger partial charge in [-0.2, -0.15) is 0 Å². The molecule has 19 heavy (non-hydrogen) atoms. The number of nitrogens with one attached hydrogen (secondary N) is 1. The molecule has 0 saturated heterocycles. The molecule has 1 aromatic rings. The van der Waals surface area contributed by atoms with Crippen LogP contribution in [0.2, 0.25) is 0 Å². The van der Waals surface area contributed by atoms with Crippen molar-refractivity contribution in [2.45, 2.75) is 46.1 Å². The molecule has 2 rings (SSSR count). The zero-order valence-electron chi connectivity index (χ0n) is 12.5. The molecule has 0 radical (unpaired) electrons. The molecule has 1 aliphatic rings. The Morgan fingerprint density at radius 1 is 1.26 bits per heavy atom. The molecular formula is C17H27NO. The number of rotatable bonds is 8. The third kappa shape index (κ3) is 3.73. The third-order valence-electron chi connectivity index (χ3n) is 4.03. The van der Waals surface area contributed by atoms with E-state index in [4.69, 9.17) is 4.74 Å². The minimum Gasteiger partial charge on any atom is -0.493 e. The standard InChI is InChI=1S/C17H27NO/c1-4-12-19-16-9-7-6-8-15(16)17(18-5-2)13(3)14-10-11-14/h6-9,13-14,17-18H,4-5,10-12H2,1-3H3. The summed E-state index contributed by atoms with van der Waals surface area (Å²) in [5.74, 6) is 2.64. The van der Waals surface area contributed by atoms with Gasteiger partial charge in [-0.1, -0.05) is 39.0 Å². The zero-order valence-corrected chi connectivity index (χ0v) is 12.5. The number of hydrogen-bond acceptors (Lipinski definition) is 2. The van der Waals surface area contributed by atoms with E-state index in [2.05, 4.69) is 50.4 Å². The summed E-state index contributed by atoms with van der Waals surface area (Å²) < 4.78 is 5.92. The molecule has 2 heteroatoms. The van der Waals surface area contributed by atoms with Gasteiger partial charge in [-0.05, 0) is 43.7 Å². The normalized spacial score (nSPS) is 18.1. The summed E-state index contributed by atoms with van der Waals surface area (Å²) in [6.45, 7) is 8.51. The molecule has 0 bridgehead atoms. The lowest BCUT2D eigenvalue weighted by Crippen LogP contribution is -2.28. The SMILES string of the molecule is CCCOc1ccccc1C(NCC)C(C)C1CC1. The van der Waals surface area contributed by atoms with Crippen LogP contribution >= 0.6 is 0 Å². The molecule has 0 heterocycles. The van der Waals surface area contributed by atoms with Crippen LogP contribution in [0.25, 0.3) is 0 Å². The fourth-order valence-electron chi connectivity index (χ4n) is 2.77. The fraction of sp³-hybridized carbons (Fsp3) is 0.647. The molecule has 1 N–H and O–H groups in total. The summed E-state index contributed by atoms with van der Waals surface area (Å²) in [5, 5.41) is 3.66. The van der Waals surface area contributed by atoms with Crippen LogP contribution in [0.5, 0.6) is 5.75 Å². The Bertz CT molecular complexity index is 387. The molecule has 1 aliphatic carbocycles. The highest BCUT2D eigenvalue weighted by Gasteiger charge is 2.34. The van der Waals surface area contributed by atoms with Crippen molar-refractivity contribution >= 4 is 0 Å². The lowest BCUT2D eigenvalue weighted by atomic mass is 9.90. The number of benzene rings is 1. The average molecular weight is 261 g/mol. The van der Waals surface area contributed by atoms with Gasteiger partial charge < -0.3 is 10.1 Å². The van der Waals surface area contributed by atoms with Crippen molar-refractivity contribution in [1.82, 2.24) is 5.32 Å². The largest absolute Gasteiger partial charge is 0.493 e. The second kappa shape index (κ2) is 6.95. The van der Waals surface area contributed by atoms with E-state index in [-0.39, 0.29) is 0 Å². The quantitative estimate of drug-likeness (QED) is 0.758. The molecule has 2 nitrogen and oxygen atoms in total. The lowest BCUT2D eigenvalue weighted by molar-refractivity contribution is 0.295. The highest BCUT2D eigenvalue weighted by molar-refractivity contribution is 5.36. The fourth-order valence-corrected chi connectivity index (χ4v) is 2.77. The highest BCUT2D eigenvalue weighted by Crippen LogP contribution is 2.44. The number of hydrogen-bond donors (Lipinski definition) is 1. The van der Waals surface area contributed by atoms with Crippen molar-refractivity contribution in [2.24, 2.45) is 11.8 Å². The van der Waals surface area contributed by atoms with Crippen LogP contribution in [-0.4, -0.2) is 13.2 Å². The van der Waals surface area contributed by atoms with E-state index in [9.17, 15) is 0 Å². The van der Waals surface area contributed by atoms with Gasteiger partial charge in [-0.25, -0.2) is 0 Å². The van der Waals surface area contributed by atoms with Crippen molar-refractivity contribution in [3.63, 3.8) is 0 Å². The van der Waals surface area contributed by atoms with Gasteiger partial charge >= 0.3 is 0 Å². The van der Waals surface area contributed by atoms with Crippen molar-refractivity contribution in [1.29, 1.82) is 0 Å². The number of para-hydroxylation sites is 1. The van der Waals surface area contributed by atoms with Gasteiger partial charge in [0.05, 0.1) is 6.61 Å². The molecule has 2 unspecified atom stereocenters. The Kier molecular flexibility index (Phi) is 5.26. The Hall–Kier alpha value is -1.02. The van der Waals surface area contributed by atoms with Crippen LogP contribution in [0.3, 0.4) is 0 Å². The first-order chi connectivity index (χ1) is 9.27. The first-order valence-electron chi connectivity index (χ1n) is 7.73. The van der Waals surface area contributed by atoms with E-state index < -0.39 is 0 Å². The molecule has 2 atom stereocenters. The lowest BCUT2D eigenvalue weighted by Gasteiger charge is -2.27. The average Bonchev–Trinajstić information content (AvgIpc) is 3.27. The molecule has 0 amide bonds. The molecular weight excluding hydrogens is 234 g/mol. The zero-order chi connectivity index (χ0) is 13.7. The maximum Gasteiger partial charge on any atom is 0.124 e. The maximum atomic E-state index is 5.92. The van der Waals surface area contributed by atoms with Gasteiger partial charge in [-0.3, -0.25) is 0 Å². The van der Waals surface area contributed by atoms with Crippen LogP contribution in [0.1, 0.15) is 51.6 Å². The maximum absolute atomic E-state index is 5.92. The summed E-state index contributed by atoms with van der Waals surface area (Å²) in [5.41, 5.74) is 1.33. The van der Waals surface area contributed by atoms with E-state index in [1.54, 1.807) is 0 Å². The first-order valence-corrected chi connectivity index (χ1v) is 7.73. The van der Waals surface area contributed by atoms with E-state index in [1.165, 1.54) is 18.4 Å². The first kappa shape index (κ1) is 14.4. The minimum atomic E-state index is 0.422. The van der Waals surface area contributed by atoms with Crippen molar-refractivity contribution in [3.8, 4) is 5.75 Å². The highest BCUT2D eigenvalue weighted by atomic mass is 16.5. The van der Waals surface area contributed by atoms with E-state index in [0.717, 1.165) is 31.2 Å². The van der Waals surface area contributed by atoms with Crippen molar-refractivity contribution < 1.29 is 4.74 Å². The van der Waals surface area contributed by atoms with Gasteiger partial charge in [0.1, 0.15) is 5.75 Å². The summed E-state index contributed by atoms with van der Waals surface area (Å²) in [6.07, 6.45) is 3.83. The van der Waals surface area contributed by atoms with Crippen molar-refractivity contribution in [2.75, 3.05) is 13.2 Å². The topological polar surface area (TPSA) is 21.3 Å². The Balaban J connectivity index is 2.19. The molecule has 1 fully saturated rings. The minimum absolute atomic E-state index is 0.422. The molecule has 0 aliphatic heterocycles. The van der Waals surface area contributed by atoms with Crippen LogP contribution in [0, 0.1) is 11.8 Å². The Morgan fingerprint density at radius 3 is 2.63 bits per heavy atom. The number of ether oxygens (including phenoxy) is 1. The second-order valence-corrected chi connectivity index (χ2v) is 5.62. The van der Waals surface area contributed by atoms with Crippen LogP contribution in [-0.2, 0) is 0 Å². The second-order valence-electron chi connectivity index (χ2n) is 5.62. The molecule has 0 spiro atoms. The Morgan fingerprint density at radius 2 is 2.00 bits per heavy atom. The van der Waals surface area contributed by atoms with Gasteiger partial charge in [0.15, 0.2) is 0 Å². The Labute approximate surface area is 117 Å². The van der Waals surface area contributed by atoms with Gasteiger partial charge in [0.25, 0.3) is 0 Å². The monoisotopic (exact) mass is 261 g/mol. The summed E-state index contributed by atoms with van der Waals surface area (Å²) in [4.78, 5) is 0. The van der Waals surface area contributed by atoms with E-state index in [0.29, 0.717) is 12.0 Å². The smallest absolute Gasteiger partial charge is 0.124 e. The summed E-state index contributed by atoms with van der Waals surface area (Å²) in [7, 11) is 0. The summed E-state index contributed by atoms with van der Waals surface area (Å²) >= 11 is 0. The molecule has 1 saturated carbocycles. The predicted molar refractivity (Wildman–Crippen MR) is 80.5 cm³/mol. The van der Waals surface area contributed by atoms with E-state index >= 15 is 0 Å². The van der Waals surface area contributed by atoms with Crippen LogP contribution in [0.4, 0.5) is 0 Å². The summed E-state index contributed by atoms with van der Waals surface area (Å²) in [6, 6.07) is 8.94. The van der Waals surface area contributed by atoms with E-state index in [1.807, 2.05) is 0 Å². The van der Waals surface area contributed by atoms with Gasteiger partial charge in [-0.15, -0.1) is 0 Å². The van der Waals surface area contributed by atoms with Gasteiger partial charge in [0, 0.05) is 11.6 Å². The van der Waals surface area contributed by atoms with Crippen LogP contribution < -0.4 is 10.1 Å². The van der Waals surface area contributed by atoms with Crippen LogP contribution in [0.15, 0.2) is 24.3 Å². The predicted octanol–water partition coefficient (Wildman–Crippen LogP) is 4.17. The molecule has 0 aromatic heterocycles. The third-order valence-corrected chi connectivity index (χ3v) is 4.03. The molecule has 106 valence electrons. The molecule has 1 aromatic carbocycles.